The molecule has 2 amide bonds. The zero-order valence-electron chi connectivity index (χ0n) is 9.32. The van der Waals surface area contributed by atoms with Crippen LogP contribution < -0.4 is 11.1 Å². The summed E-state index contributed by atoms with van der Waals surface area (Å²) in [4.78, 5) is 24.7. The Bertz CT molecular complexity index is 255. The van der Waals surface area contributed by atoms with Gasteiger partial charge in [0, 0.05) is 13.1 Å². The van der Waals surface area contributed by atoms with Crippen LogP contribution in [0.5, 0.6) is 0 Å². The molecular weight excluding hydrogens is 194 g/mol. The average Bonchev–Trinajstić information content (AvgIpc) is 2.55. The molecule has 0 bridgehead atoms. The monoisotopic (exact) mass is 213 g/mol. The number of nitrogens with two attached hydrogens (primary N) is 1. The van der Waals surface area contributed by atoms with E-state index in [1.54, 1.807) is 11.8 Å². The van der Waals surface area contributed by atoms with E-state index in [0.29, 0.717) is 19.5 Å². The number of nitrogens with one attached hydrogen (secondary N) is 1. The van der Waals surface area contributed by atoms with Crippen molar-refractivity contribution in [2.45, 2.75) is 38.8 Å². The van der Waals surface area contributed by atoms with Crippen LogP contribution in [-0.4, -0.2) is 41.9 Å². The van der Waals surface area contributed by atoms with E-state index < -0.39 is 12.1 Å². The van der Waals surface area contributed by atoms with Gasteiger partial charge in [0.05, 0.1) is 6.04 Å². The van der Waals surface area contributed by atoms with Gasteiger partial charge in [-0.1, -0.05) is 6.92 Å². The second kappa shape index (κ2) is 5.11. The van der Waals surface area contributed by atoms with E-state index in [4.69, 9.17) is 5.73 Å². The van der Waals surface area contributed by atoms with E-state index in [1.807, 2.05) is 6.92 Å². The van der Waals surface area contributed by atoms with Crippen molar-refractivity contribution in [1.29, 1.82) is 0 Å². The van der Waals surface area contributed by atoms with Gasteiger partial charge >= 0.3 is 0 Å². The Labute approximate surface area is 90.0 Å². The van der Waals surface area contributed by atoms with Crippen molar-refractivity contribution in [1.82, 2.24) is 10.2 Å². The lowest BCUT2D eigenvalue weighted by atomic mass is 10.2. The first kappa shape index (κ1) is 12.0. The van der Waals surface area contributed by atoms with Crippen LogP contribution in [0.2, 0.25) is 0 Å². The van der Waals surface area contributed by atoms with Gasteiger partial charge in [-0.3, -0.25) is 9.59 Å². The molecule has 0 aliphatic carbocycles. The average molecular weight is 213 g/mol. The molecule has 2 unspecified atom stereocenters. The molecule has 3 N–H and O–H groups in total. The van der Waals surface area contributed by atoms with Crippen molar-refractivity contribution in [2.75, 3.05) is 13.1 Å². The van der Waals surface area contributed by atoms with Crippen LogP contribution in [0.15, 0.2) is 0 Å². The molecule has 1 fully saturated rings. The Balaban J connectivity index is 2.49. The molecule has 1 saturated heterocycles. The van der Waals surface area contributed by atoms with Crippen molar-refractivity contribution in [3.05, 3.63) is 0 Å². The molecule has 0 aromatic heterocycles. The van der Waals surface area contributed by atoms with Crippen LogP contribution in [0.3, 0.4) is 0 Å². The van der Waals surface area contributed by atoms with Gasteiger partial charge in [0.2, 0.25) is 11.8 Å². The summed E-state index contributed by atoms with van der Waals surface area (Å²) in [6.07, 6.45) is 1.54. The molecule has 1 rings (SSSR count). The van der Waals surface area contributed by atoms with Crippen LogP contribution in [0.25, 0.3) is 0 Å². The third kappa shape index (κ3) is 2.68. The Morgan fingerprint density at radius 1 is 1.73 bits per heavy atom. The Kier molecular flexibility index (Phi) is 4.08. The number of hydrogen-bond acceptors (Lipinski definition) is 3. The van der Waals surface area contributed by atoms with E-state index in [9.17, 15) is 9.59 Å². The van der Waals surface area contributed by atoms with Gasteiger partial charge < -0.3 is 16.0 Å². The van der Waals surface area contributed by atoms with Gasteiger partial charge in [-0.15, -0.1) is 0 Å². The first-order chi connectivity index (χ1) is 7.07. The highest BCUT2D eigenvalue weighted by atomic mass is 16.2. The maximum absolute atomic E-state index is 11.6. The Hall–Kier alpha value is -1.10. The minimum absolute atomic E-state index is 0.0979. The van der Waals surface area contributed by atoms with Crippen LogP contribution in [0.1, 0.15) is 26.7 Å². The molecule has 1 aliphatic heterocycles. The molecular formula is C10H19N3O2. The second-order valence-electron chi connectivity index (χ2n) is 3.89. The third-order valence-corrected chi connectivity index (χ3v) is 2.68. The molecule has 2 atom stereocenters. The largest absolute Gasteiger partial charge is 0.354 e. The molecule has 0 radical (unpaired) electrons. The summed E-state index contributed by atoms with van der Waals surface area (Å²) in [7, 11) is 0. The van der Waals surface area contributed by atoms with E-state index in [2.05, 4.69) is 5.32 Å². The van der Waals surface area contributed by atoms with E-state index in [1.165, 1.54) is 0 Å². The predicted octanol–water partition coefficient (Wildman–Crippen LogP) is -0.539. The minimum atomic E-state index is -0.425. The summed E-state index contributed by atoms with van der Waals surface area (Å²) in [6.45, 7) is 4.96. The lowest BCUT2D eigenvalue weighted by molar-refractivity contribution is -0.137. The van der Waals surface area contributed by atoms with Gasteiger partial charge in [0.15, 0.2) is 0 Å². The van der Waals surface area contributed by atoms with Crippen molar-refractivity contribution in [2.24, 2.45) is 5.73 Å². The van der Waals surface area contributed by atoms with Gasteiger partial charge in [-0.25, -0.2) is 0 Å². The fourth-order valence-electron chi connectivity index (χ4n) is 1.65. The molecule has 1 aliphatic rings. The lowest BCUT2D eigenvalue weighted by Gasteiger charge is -2.23. The quantitative estimate of drug-likeness (QED) is 0.658. The van der Waals surface area contributed by atoms with Crippen molar-refractivity contribution >= 4 is 11.8 Å². The number of carbonyl (C=O) groups is 2. The van der Waals surface area contributed by atoms with Crippen LogP contribution in [0.4, 0.5) is 0 Å². The number of nitrogens with zero attached hydrogens (tertiary/aromatic N) is 1. The molecule has 15 heavy (non-hydrogen) atoms. The van der Waals surface area contributed by atoms with Gasteiger partial charge in [0.1, 0.15) is 6.04 Å². The lowest BCUT2D eigenvalue weighted by Crippen LogP contribution is -2.47. The maximum atomic E-state index is 11.6. The first-order valence-electron chi connectivity index (χ1n) is 5.41. The highest BCUT2D eigenvalue weighted by molar-refractivity contribution is 5.90. The fraction of sp³-hybridized carbons (Fsp3) is 0.800. The molecule has 0 saturated carbocycles. The maximum Gasteiger partial charge on any atom is 0.242 e. The zero-order chi connectivity index (χ0) is 11.4. The smallest absolute Gasteiger partial charge is 0.242 e. The number of carbonyl (C=O) groups excluding carboxylic acids is 2. The van der Waals surface area contributed by atoms with Crippen molar-refractivity contribution in [3.63, 3.8) is 0 Å². The van der Waals surface area contributed by atoms with Crippen LogP contribution in [-0.2, 0) is 9.59 Å². The van der Waals surface area contributed by atoms with Crippen molar-refractivity contribution < 1.29 is 9.59 Å². The number of likely N-dealkylation sites (tertiary alicyclic amines) is 1. The van der Waals surface area contributed by atoms with E-state index >= 15 is 0 Å². The number of rotatable bonds is 4. The topological polar surface area (TPSA) is 75.4 Å². The molecule has 0 aromatic rings. The molecule has 0 spiro atoms. The summed E-state index contributed by atoms with van der Waals surface area (Å²) >= 11 is 0. The molecule has 1 heterocycles. The van der Waals surface area contributed by atoms with Crippen LogP contribution >= 0.6 is 0 Å². The van der Waals surface area contributed by atoms with E-state index in [0.717, 1.165) is 6.42 Å². The molecule has 0 aromatic carbocycles. The number of hydrogen-bond donors (Lipinski definition) is 2. The van der Waals surface area contributed by atoms with Gasteiger partial charge in [-0.2, -0.15) is 0 Å². The second-order valence-corrected chi connectivity index (χ2v) is 3.89. The standard InChI is InChI=1S/C10H19N3O2/c1-3-5-12-9(14)7(2)13-6-4-8(11)10(13)15/h7-8H,3-6,11H2,1-2H3,(H,12,14). The normalized spacial score (nSPS) is 23.0. The highest BCUT2D eigenvalue weighted by Gasteiger charge is 2.34. The van der Waals surface area contributed by atoms with Gasteiger partial charge in [-0.05, 0) is 19.8 Å². The number of amides is 2. The summed E-state index contributed by atoms with van der Waals surface area (Å²) in [5.41, 5.74) is 5.58. The predicted molar refractivity (Wildman–Crippen MR) is 57.1 cm³/mol. The highest BCUT2D eigenvalue weighted by Crippen LogP contribution is 2.12. The Morgan fingerprint density at radius 2 is 2.40 bits per heavy atom. The minimum Gasteiger partial charge on any atom is -0.354 e. The Morgan fingerprint density at radius 3 is 2.87 bits per heavy atom. The summed E-state index contributed by atoms with van der Waals surface area (Å²) in [5.74, 6) is -0.214. The SMILES string of the molecule is CCCNC(=O)C(C)N1CCC(N)C1=O. The molecule has 86 valence electrons. The third-order valence-electron chi connectivity index (χ3n) is 2.68. The molecule has 5 heteroatoms. The first-order valence-corrected chi connectivity index (χ1v) is 5.41. The van der Waals surface area contributed by atoms with E-state index in [-0.39, 0.29) is 11.8 Å². The van der Waals surface area contributed by atoms with Crippen molar-refractivity contribution in [3.8, 4) is 0 Å². The zero-order valence-corrected chi connectivity index (χ0v) is 9.32. The van der Waals surface area contributed by atoms with Gasteiger partial charge in [0.25, 0.3) is 0 Å². The molecule has 5 nitrogen and oxygen atoms in total. The summed E-state index contributed by atoms with van der Waals surface area (Å²) in [6, 6.07) is -0.830. The van der Waals surface area contributed by atoms with Crippen LogP contribution in [0, 0.1) is 0 Å². The fourth-order valence-corrected chi connectivity index (χ4v) is 1.65. The summed E-state index contributed by atoms with van der Waals surface area (Å²) in [5, 5.41) is 2.77. The summed E-state index contributed by atoms with van der Waals surface area (Å²) < 4.78 is 0.